The molecule has 158 valence electrons. The molecule has 0 saturated heterocycles. The lowest BCUT2D eigenvalue weighted by atomic mass is 9.95. The summed E-state index contributed by atoms with van der Waals surface area (Å²) in [5.41, 5.74) is 2.21. The molecule has 0 bridgehead atoms. The molecule has 0 N–H and O–H groups in total. The molecule has 1 saturated carbocycles. The largest absolute Gasteiger partial charge is 0.493 e. The normalized spacial score (nSPS) is 14.6. The van der Waals surface area contributed by atoms with Crippen LogP contribution in [0.4, 0.5) is 0 Å². The average molecular weight is 444 g/mol. The number of hydrogen-bond acceptors (Lipinski definition) is 5. The van der Waals surface area contributed by atoms with E-state index in [2.05, 4.69) is 26.9 Å². The number of benzene rings is 2. The van der Waals surface area contributed by atoms with Gasteiger partial charge in [0.2, 0.25) is 0 Å². The van der Waals surface area contributed by atoms with E-state index in [1.165, 1.54) is 24.8 Å². The van der Waals surface area contributed by atoms with Crippen molar-refractivity contribution in [1.29, 1.82) is 0 Å². The first-order valence-electron chi connectivity index (χ1n) is 10.2. The van der Waals surface area contributed by atoms with Gasteiger partial charge in [-0.3, -0.25) is 4.57 Å². The van der Waals surface area contributed by atoms with E-state index < -0.39 is 0 Å². The molecule has 7 heteroatoms. The van der Waals surface area contributed by atoms with E-state index >= 15 is 0 Å². The lowest BCUT2D eigenvalue weighted by molar-refractivity contribution is 0.339. The molecular formula is C23H26ClN3O2S. The molecule has 1 aliphatic carbocycles. The topological polar surface area (TPSA) is 49.2 Å². The monoisotopic (exact) mass is 443 g/mol. The van der Waals surface area contributed by atoms with Gasteiger partial charge < -0.3 is 9.47 Å². The van der Waals surface area contributed by atoms with Crippen LogP contribution in [0.2, 0.25) is 5.02 Å². The van der Waals surface area contributed by atoms with Crippen molar-refractivity contribution in [3.8, 4) is 22.9 Å². The van der Waals surface area contributed by atoms with Gasteiger partial charge in [-0.1, -0.05) is 54.8 Å². The molecule has 0 spiro atoms. The predicted octanol–water partition coefficient (Wildman–Crippen LogP) is 6.41. The van der Waals surface area contributed by atoms with Gasteiger partial charge in [0.15, 0.2) is 22.5 Å². The van der Waals surface area contributed by atoms with E-state index in [4.69, 9.17) is 21.1 Å². The number of hydrogen-bond donors (Lipinski definition) is 0. The summed E-state index contributed by atoms with van der Waals surface area (Å²) in [7, 11) is 3.30. The maximum Gasteiger partial charge on any atom is 0.192 e. The van der Waals surface area contributed by atoms with Gasteiger partial charge in [0.25, 0.3) is 0 Å². The summed E-state index contributed by atoms with van der Waals surface area (Å²) in [6, 6.07) is 14.3. The van der Waals surface area contributed by atoms with E-state index in [1.54, 1.807) is 26.0 Å². The molecule has 0 radical (unpaired) electrons. The van der Waals surface area contributed by atoms with Gasteiger partial charge >= 0.3 is 0 Å². The molecule has 2 aromatic carbocycles. The zero-order chi connectivity index (χ0) is 20.9. The first-order valence-corrected chi connectivity index (χ1v) is 11.6. The Hall–Kier alpha value is -2.18. The number of methoxy groups -OCH3 is 2. The standard InChI is InChI=1S/C23H26ClN3O2S/c1-28-20-13-10-17(14-21(20)29-2)22-25-26-23(27(22)19-6-4-3-5-7-19)30-15-16-8-11-18(24)12-9-16/h8-14,19H,3-7,15H2,1-2H3. The molecule has 0 amide bonds. The van der Waals surface area contributed by atoms with E-state index in [9.17, 15) is 0 Å². The van der Waals surface area contributed by atoms with Crippen molar-refractivity contribution < 1.29 is 9.47 Å². The molecular weight excluding hydrogens is 418 g/mol. The second kappa shape index (κ2) is 9.75. The molecule has 1 aromatic heterocycles. The quantitative estimate of drug-likeness (QED) is 0.394. The number of ether oxygens (including phenoxy) is 2. The fourth-order valence-corrected chi connectivity index (χ4v) is 5.03. The lowest BCUT2D eigenvalue weighted by Crippen LogP contribution is -2.15. The fourth-order valence-electron chi connectivity index (χ4n) is 3.94. The van der Waals surface area contributed by atoms with Crippen molar-refractivity contribution in [3.63, 3.8) is 0 Å². The fraction of sp³-hybridized carbons (Fsp3) is 0.391. The Morgan fingerprint density at radius 3 is 2.40 bits per heavy atom. The summed E-state index contributed by atoms with van der Waals surface area (Å²) in [6.07, 6.45) is 6.11. The third kappa shape index (κ3) is 4.60. The Bertz CT molecular complexity index is 985. The van der Waals surface area contributed by atoms with E-state index in [0.717, 1.165) is 40.2 Å². The Morgan fingerprint density at radius 2 is 1.70 bits per heavy atom. The molecule has 30 heavy (non-hydrogen) atoms. The summed E-state index contributed by atoms with van der Waals surface area (Å²) >= 11 is 7.74. The Balaban J connectivity index is 1.67. The van der Waals surface area contributed by atoms with Gasteiger partial charge in [-0.25, -0.2) is 0 Å². The molecule has 4 rings (SSSR count). The van der Waals surface area contributed by atoms with Crippen molar-refractivity contribution in [2.45, 2.75) is 49.1 Å². The van der Waals surface area contributed by atoms with Crippen LogP contribution in [-0.4, -0.2) is 29.0 Å². The molecule has 3 aromatic rings. The number of nitrogens with zero attached hydrogens (tertiary/aromatic N) is 3. The van der Waals surface area contributed by atoms with Crippen molar-refractivity contribution in [2.75, 3.05) is 14.2 Å². The summed E-state index contributed by atoms with van der Waals surface area (Å²) in [6.45, 7) is 0. The maximum atomic E-state index is 6.02. The molecule has 1 fully saturated rings. The van der Waals surface area contributed by atoms with Crippen molar-refractivity contribution >= 4 is 23.4 Å². The molecule has 5 nitrogen and oxygen atoms in total. The summed E-state index contributed by atoms with van der Waals surface area (Å²) in [5, 5.41) is 10.9. The highest BCUT2D eigenvalue weighted by Gasteiger charge is 2.24. The number of halogens is 1. The van der Waals surface area contributed by atoms with Gasteiger partial charge in [-0.05, 0) is 48.7 Å². The highest BCUT2D eigenvalue weighted by atomic mass is 35.5. The highest BCUT2D eigenvalue weighted by Crippen LogP contribution is 2.38. The van der Waals surface area contributed by atoms with Crippen LogP contribution in [0.1, 0.15) is 43.7 Å². The van der Waals surface area contributed by atoms with Crippen molar-refractivity contribution in [3.05, 3.63) is 53.1 Å². The van der Waals surface area contributed by atoms with Crippen molar-refractivity contribution in [2.24, 2.45) is 0 Å². The van der Waals surface area contributed by atoms with E-state index in [0.29, 0.717) is 17.5 Å². The van der Waals surface area contributed by atoms with Gasteiger partial charge in [0.1, 0.15) is 0 Å². The molecule has 0 unspecified atom stereocenters. The zero-order valence-corrected chi connectivity index (χ0v) is 18.9. The van der Waals surface area contributed by atoms with Crippen LogP contribution in [0.3, 0.4) is 0 Å². The van der Waals surface area contributed by atoms with E-state index in [1.807, 2.05) is 30.3 Å². The lowest BCUT2D eigenvalue weighted by Gasteiger charge is -2.25. The number of rotatable bonds is 7. The minimum absolute atomic E-state index is 0.421. The molecule has 1 aliphatic rings. The SMILES string of the molecule is COc1ccc(-c2nnc(SCc3ccc(Cl)cc3)n2C2CCCCC2)cc1OC. The van der Waals surface area contributed by atoms with Crippen LogP contribution in [0.25, 0.3) is 11.4 Å². The second-order valence-corrected chi connectivity index (χ2v) is 8.83. The smallest absolute Gasteiger partial charge is 0.192 e. The molecule has 0 aliphatic heterocycles. The third-order valence-corrected chi connectivity index (χ3v) is 6.79. The first-order chi connectivity index (χ1) is 14.7. The Kier molecular flexibility index (Phi) is 6.85. The van der Waals surface area contributed by atoms with Crippen LogP contribution in [-0.2, 0) is 5.75 Å². The minimum Gasteiger partial charge on any atom is -0.493 e. The van der Waals surface area contributed by atoms with Crippen LogP contribution in [0.15, 0.2) is 47.6 Å². The van der Waals surface area contributed by atoms with E-state index in [-0.39, 0.29) is 0 Å². The average Bonchev–Trinajstić information content (AvgIpc) is 3.22. The number of aromatic nitrogens is 3. The predicted molar refractivity (Wildman–Crippen MR) is 122 cm³/mol. The molecule has 0 atom stereocenters. The van der Waals surface area contributed by atoms with Gasteiger partial charge in [-0.2, -0.15) is 0 Å². The van der Waals surface area contributed by atoms with Gasteiger partial charge in [0.05, 0.1) is 14.2 Å². The highest BCUT2D eigenvalue weighted by molar-refractivity contribution is 7.98. The van der Waals surface area contributed by atoms with Crippen LogP contribution >= 0.6 is 23.4 Å². The van der Waals surface area contributed by atoms with Gasteiger partial charge in [0, 0.05) is 22.4 Å². The van der Waals surface area contributed by atoms with Crippen LogP contribution in [0.5, 0.6) is 11.5 Å². The summed E-state index contributed by atoms with van der Waals surface area (Å²) in [5.74, 6) is 3.13. The maximum absolute atomic E-state index is 6.02. The van der Waals surface area contributed by atoms with Crippen molar-refractivity contribution in [1.82, 2.24) is 14.8 Å². The molecule has 1 heterocycles. The summed E-state index contributed by atoms with van der Waals surface area (Å²) < 4.78 is 13.2. The minimum atomic E-state index is 0.421. The Morgan fingerprint density at radius 1 is 0.967 bits per heavy atom. The zero-order valence-electron chi connectivity index (χ0n) is 17.3. The third-order valence-electron chi connectivity index (χ3n) is 5.53. The first kappa shape index (κ1) is 21.1. The Labute approximate surface area is 186 Å². The number of thioether (sulfide) groups is 1. The van der Waals surface area contributed by atoms with Crippen LogP contribution < -0.4 is 9.47 Å². The summed E-state index contributed by atoms with van der Waals surface area (Å²) in [4.78, 5) is 0. The van der Waals surface area contributed by atoms with Crippen LogP contribution in [0, 0.1) is 0 Å². The van der Waals surface area contributed by atoms with Gasteiger partial charge in [-0.15, -0.1) is 10.2 Å². The second-order valence-electron chi connectivity index (χ2n) is 7.45.